The maximum Gasteiger partial charge on any atom is 0.251 e. The number of hydrogen-bond acceptors (Lipinski definition) is 2. The van der Waals surface area contributed by atoms with E-state index < -0.39 is 0 Å². The van der Waals surface area contributed by atoms with Gasteiger partial charge < -0.3 is 5.32 Å². The molecule has 0 heterocycles. The van der Waals surface area contributed by atoms with E-state index in [1.807, 2.05) is 24.3 Å². The van der Waals surface area contributed by atoms with Crippen molar-refractivity contribution in [3.63, 3.8) is 0 Å². The Morgan fingerprint density at radius 1 is 1.19 bits per heavy atom. The number of nitrogens with one attached hydrogen (secondary N) is 1. The van der Waals surface area contributed by atoms with Crippen LogP contribution in [-0.2, 0) is 6.54 Å². The van der Waals surface area contributed by atoms with Crippen LogP contribution in [0, 0.1) is 0 Å². The van der Waals surface area contributed by atoms with E-state index in [1.54, 1.807) is 7.05 Å². The molecule has 1 N–H and O–H groups in total. The fourth-order valence-corrected chi connectivity index (χ4v) is 1.61. The van der Waals surface area contributed by atoms with E-state index >= 15 is 0 Å². The van der Waals surface area contributed by atoms with Gasteiger partial charge in [-0.15, -0.1) is 0 Å². The van der Waals surface area contributed by atoms with Crippen LogP contribution in [0.1, 0.15) is 29.8 Å². The molecule has 88 valence electrons. The minimum Gasteiger partial charge on any atom is -0.355 e. The van der Waals surface area contributed by atoms with E-state index in [-0.39, 0.29) is 5.91 Å². The molecule has 0 spiro atoms. The van der Waals surface area contributed by atoms with E-state index in [2.05, 4.69) is 24.1 Å². The van der Waals surface area contributed by atoms with Crippen molar-refractivity contribution < 1.29 is 4.79 Å². The van der Waals surface area contributed by atoms with Crippen LogP contribution in [-0.4, -0.2) is 30.9 Å². The van der Waals surface area contributed by atoms with Gasteiger partial charge in [-0.25, -0.2) is 0 Å². The smallest absolute Gasteiger partial charge is 0.251 e. The predicted molar refractivity (Wildman–Crippen MR) is 66.5 cm³/mol. The van der Waals surface area contributed by atoms with Gasteiger partial charge in [-0.1, -0.05) is 26.0 Å². The third kappa shape index (κ3) is 3.35. The molecule has 0 aliphatic heterocycles. The van der Waals surface area contributed by atoms with Gasteiger partial charge in [-0.2, -0.15) is 0 Å². The second-order valence-electron chi connectivity index (χ2n) is 3.74. The van der Waals surface area contributed by atoms with Crippen LogP contribution in [0.5, 0.6) is 0 Å². The highest BCUT2D eigenvalue weighted by atomic mass is 16.1. The molecule has 0 saturated carbocycles. The summed E-state index contributed by atoms with van der Waals surface area (Å²) in [5.41, 5.74) is 1.96. The summed E-state index contributed by atoms with van der Waals surface area (Å²) in [5, 5.41) is 2.61. The zero-order chi connectivity index (χ0) is 12.0. The number of carbonyl (C=O) groups is 1. The van der Waals surface area contributed by atoms with E-state index in [9.17, 15) is 4.79 Å². The van der Waals surface area contributed by atoms with Crippen LogP contribution in [0.2, 0.25) is 0 Å². The lowest BCUT2D eigenvalue weighted by Crippen LogP contribution is -2.22. The molecule has 1 aromatic carbocycles. The SMILES string of the molecule is CCN(CC)Cc1ccc(C(=O)NC)cc1. The summed E-state index contributed by atoms with van der Waals surface area (Å²) in [4.78, 5) is 13.7. The highest BCUT2D eigenvalue weighted by molar-refractivity contribution is 5.93. The zero-order valence-electron chi connectivity index (χ0n) is 10.3. The van der Waals surface area contributed by atoms with Gasteiger partial charge in [0.2, 0.25) is 0 Å². The Labute approximate surface area is 97.5 Å². The van der Waals surface area contributed by atoms with Gasteiger partial charge in [0, 0.05) is 19.2 Å². The summed E-state index contributed by atoms with van der Waals surface area (Å²) in [6.07, 6.45) is 0. The Balaban J connectivity index is 2.67. The molecular formula is C13H20N2O. The van der Waals surface area contributed by atoms with Gasteiger partial charge in [0.25, 0.3) is 5.91 Å². The first kappa shape index (κ1) is 12.7. The standard InChI is InChI=1S/C13H20N2O/c1-4-15(5-2)10-11-6-8-12(9-7-11)13(16)14-3/h6-9H,4-5,10H2,1-3H3,(H,14,16). The van der Waals surface area contributed by atoms with Gasteiger partial charge in [-0.05, 0) is 30.8 Å². The topological polar surface area (TPSA) is 32.3 Å². The molecule has 1 rings (SSSR count). The zero-order valence-corrected chi connectivity index (χ0v) is 10.3. The summed E-state index contributed by atoms with van der Waals surface area (Å²) in [6, 6.07) is 7.78. The molecular weight excluding hydrogens is 200 g/mol. The fraction of sp³-hybridized carbons (Fsp3) is 0.462. The van der Waals surface area contributed by atoms with Crippen molar-refractivity contribution in [2.45, 2.75) is 20.4 Å². The van der Waals surface area contributed by atoms with E-state index in [0.29, 0.717) is 5.56 Å². The molecule has 0 aliphatic rings. The van der Waals surface area contributed by atoms with Gasteiger partial charge in [0.1, 0.15) is 0 Å². The number of carbonyl (C=O) groups excluding carboxylic acids is 1. The van der Waals surface area contributed by atoms with Gasteiger partial charge in [0.15, 0.2) is 0 Å². The fourth-order valence-electron chi connectivity index (χ4n) is 1.61. The van der Waals surface area contributed by atoms with Gasteiger partial charge >= 0.3 is 0 Å². The summed E-state index contributed by atoms with van der Waals surface area (Å²) in [7, 11) is 1.64. The maximum atomic E-state index is 11.3. The Morgan fingerprint density at radius 3 is 2.19 bits per heavy atom. The lowest BCUT2D eigenvalue weighted by molar-refractivity contribution is 0.0963. The third-order valence-corrected chi connectivity index (χ3v) is 2.74. The minimum atomic E-state index is -0.0330. The second kappa shape index (κ2) is 6.28. The lowest BCUT2D eigenvalue weighted by atomic mass is 10.1. The molecule has 3 nitrogen and oxygen atoms in total. The molecule has 0 radical (unpaired) electrons. The number of nitrogens with zero attached hydrogens (tertiary/aromatic N) is 1. The molecule has 0 atom stereocenters. The lowest BCUT2D eigenvalue weighted by Gasteiger charge is -2.17. The molecule has 3 heteroatoms. The molecule has 0 unspecified atom stereocenters. The van der Waals surface area contributed by atoms with Gasteiger partial charge in [-0.3, -0.25) is 9.69 Å². The summed E-state index contributed by atoms with van der Waals surface area (Å²) in [6.45, 7) is 7.35. The van der Waals surface area contributed by atoms with Crippen LogP contribution in [0.25, 0.3) is 0 Å². The number of hydrogen-bond donors (Lipinski definition) is 1. The maximum absolute atomic E-state index is 11.3. The molecule has 0 aromatic heterocycles. The number of rotatable bonds is 5. The molecule has 1 aromatic rings. The third-order valence-electron chi connectivity index (χ3n) is 2.74. The van der Waals surface area contributed by atoms with Crippen molar-refractivity contribution in [3.8, 4) is 0 Å². The molecule has 0 bridgehead atoms. The van der Waals surface area contributed by atoms with Crippen molar-refractivity contribution in [3.05, 3.63) is 35.4 Å². The first-order valence-corrected chi connectivity index (χ1v) is 5.74. The summed E-state index contributed by atoms with van der Waals surface area (Å²) >= 11 is 0. The highest BCUT2D eigenvalue weighted by Gasteiger charge is 2.04. The molecule has 0 saturated heterocycles. The Morgan fingerprint density at radius 2 is 1.75 bits per heavy atom. The van der Waals surface area contributed by atoms with Crippen LogP contribution < -0.4 is 5.32 Å². The molecule has 0 aliphatic carbocycles. The van der Waals surface area contributed by atoms with E-state index in [1.165, 1.54) is 5.56 Å². The van der Waals surface area contributed by atoms with Crippen LogP contribution >= 0.6 is 0 Å². The van der Waals surface area contributed by atoms with Crippen molar-refractivity contribution in [1.82, 2.24) is 10.2 Å². The first-order chi connectivity index (χ1) is 7.71. The largest absolute Gasteiger partial charge is 0.355 e. The highest BCUT2D eigenvalue weighted by Crippen LogP contribution is 2.07. The minimum absolute atomic E-state index is 0.0330. The van der Waals surface area contributed by atoms with E-state index in [0.717, 1.165) is 19.6 Å². The Bertz CT molecular complexity index is 328. The molecule has 0 fully saturated rings. The van der Waals surface area contributed by atoms with Crippen molar-refractivity contribution >= 4 is 5.91 Å². The summed E-state index contributed by atoms with van der Waals surface area (Å²) < 4.78 is 0. The van der Waals surface area contributed by atoms with E-state index in [4.69, 9.17) is 0 Å². The van der Waals surface area contributed by atoms with Crippen molar-refractivity contribution in [2.75, 3.05) is 20.1 Å². The first-order valence-electron chi connectivity index (χ1n) is 5.74. The van der Waals surface area contributed by atoms with Crippen molar-refractivity contribution in [1.29, 1.82) is 0 Å². The van der Waals surface area contributed by atoms with Crippen molar-refractivity contribution in [2.24, 2.45) is 0 Å². The average Bonchev–Trinajstić information content (AvgIpc) is 2.35. The number of benzene rings is 1. The van der Waals surface area contributed by atoms with Crippen LogP contribution in [0.3, 0.4) is 0 Å². The second-order valence-corrected chi connectivity index (χ2v) is 3.74. The Hall–Kier alpha value is -1.35. The van der Waals surface area contributed by atoms with Gasteiger partial charge in [0.05, 0.1) is 0 Å². The Kier molecular flexibility index (Phi) is 4.99. The molecule has 16 heavy (non-hydrogen) atoms. The molecule has 1 amide bonds. The monoisotopic (exact) mass is 220 g/mol. The predicted octanol–water partition coefficient (Wildman–Crippen LogP) is 1.89. The average molecular weight is 220 g/mol. The summed E-state index contributed by atoms with van der Waals surface area (Å²) in [5.74, 6) is -0.0330. The number of amides is 1. The van der Waals surface area contributed by atoms with Crippen LogP contribution in [0.15, 0.2) is 24.3 Å². The quantitative estimate of drug-likeness (QED) is 0.822. The normalized spacial score (nSPS) is 10.5. The van der Waals surface area contributed by atoms with Crippen LogP contribution in [0.4, 0.5) is 0 Å².